The number of aromatic nitrogens is 3. The summed E-state index contributed by atoms with van der Waals surface area (Å²) in [6, 6.07) is 8.55. The Morgan fingerprint density at radius 3 is 2.38 bits per heavy atom. The van der Waals surface area contributed by atoms with Crippen LogP contribution in [0, 0.1) is 28.0 Å². The second-order valence-corrected chi connectivity index (χ2v) is 5.09. The van der Waals surface area contributed by atoms with Gasteiger partial charge in [-0.15, -0.1) is 0 Å². The minimum Gasteiger partial charge on any atom is -0.268 e. The maximum absolute atomic E-state index is 13.9. The number of rotatable bonds is 2. The summed E-state index contributed by atoms with van der Waals surface area (Å²) in [5, 5.41) is 6.22. The molecule has 0 radical (unpaired) electrons. The lowest BCUT2D eigenvalue weighted by atomic mass is 10.1. The molecule has 0 unspecified atom stereocenters. The number of benzene rings is 2. The fraction of sp³-hybridized carbons (Fsp3) is 0. The summed E-state index contributed by atoms with van der Waals surface area (Å²) in [5.74, 6) is -8.72. The first-order chi connectivity index (χ1) is 11.4. The first kappa shape index (κ1) is 16.1. The molecule has 4 nitrogen and oxygen atoms in total. The molecule has 1 heterocycles. The zero-order valence-corrected chi connectivity index (χ0v) is 12.5. The number of aromatic amines is 1. The van der Waals surface area contributed by atoms with Crippen molar-refractivity contribution < 1.29 is 22.4 Å². The monoisotopic (exact) mass is 353 g/mol. The van der Waals surface area contributed by atoms with Gasteiger partial charge in [0.25, 0.3) is 5.91 Å². The molecule has 0 saturated heterocycles. The molecule has 3 aromatic rings. The maximum atomic E-state index is 13.9. The Labute approximate surface area is 137 Å². The highest BCUT2D eigenvalue weighted by Gasteiger charge is 2.26. The Bertz CT molecular complexity index is 998. The SMILES string of the molecule is O=C(c1cc(F)c(F)c(F)c1F)n1c(-c2ccccc2)n[nH]c1=S. The van der Waals surface area contributed by atoms with Gasteiger partial charge in [0, 0.05) is 5.56 Å². The summed E-state index contributed by atoms with van der Waals surface area (Å²) in [6.07, 6.45) is 0. The second kappa shape index (κ2) is 6.00. The average Bonchev–Trinajstić information content (AvgIpc) is 2.98. The van der Waals surface area contributed by atoms with E-state index in [2.05, 4.69) is 10.2 Å². The van der Waals surface area contributed by atoms with Crippen molar-refractivity contribution >= 4 is 18.1 Å². The Hall–Kier alpha value is -2.81. The molecule has 24 heavy (non-hydrogen) atoms. The Morgan fingerprint density at radius 1 is 1.04 bits per heavy atom. The molecule has 0 saturated carbocycles. The topological polar surface area (TPSA) is 50.7 Å². The van der Waals surface area contributed by atoms with Gasteiger partial charge >= 0.3 is 0 Å². The number of nitrogens with one attached hydrogen (secondary N) is 1. The largest absolute Gasteiger partial charge is 0.269 e. The minimum absolute atomic E-state index is 0.0233. The standard InChI is InChI=1S/C15H7F4N3OS/c16-9-6-8(10(17)12(19)11(9)18)14(23)22-13(20-21-15(22)24)7-4-2-1-3-5-7/h1-6H,(H,21,24). The number of hydrogen-bond acceptors (Lipinski definition) is 3. The van der Waals surface area contributed by atoms with Gasteiger partial charge in [0.15, 0.2) is 29.1 Å². The van der Waals surface area contributed by atoms with E-state index in [0.717, 1.165) is 4.57 Å². The van der Waals surface area contributed by atoms with Gasteiger partial charge in [-0.3, -0.25) is 9.89 Å². The number of carbonyl (C=O) groups is 1. The summed E-state index contributed by atoms with van der Waals surface area (Å²) in [5.41, 5.74) is -0.539. The van der Waals surface area contributed by atoms with Crippen LogP contribution < -0.4 is 0 Å². The normalized spacial score (nSPS) is 10.8. The van der Waals surface area contributed by atoms with Crippen LogP contribution in [0.5, 0.6) is 0 Å². The van der Waals surface area contributed by atoms with Crippen molar-refractivity contribution in [3.05, 3.63) is 70.0 Å². The molecule has 0 fully saturated rings. The van der Waals surface area contributed by atoms with E-state index >= 15 is 0 Å². The molecule has 0 spiro atoms. The lowest BCUT2D eigenvalue weighted by Gasteiger charge is -2.08. The molecule has 1 aromatic heterocycles. The van der Waals surface area contributed by atoms with Crippen LogP contribution in [0.2, 0.25) is 0 Å². The molecule has 9 heteroatoms. The molecule has 3 rings (SSSR count). The Morgan fingerprint density at radius 2 is 1.71 bits per heavy atom. The molecule has 0 aliphatic carbocycles. The highest BCUT2D eigenvalue weighted by atomic mass is 32.1. The van der Waals surface area contributed by atoms with Crippen LogP contribution in [-0.2, 0) is 0 Å². The van der Waals surface area contributed by atoms with Crippen molar-refractivity contribution in [2.75, 3.05) is 0 Å². The fourth-order valence-electron chi connectivity index (χ4n) is 2.12. The molecular weight excluding hydrogens is 346 g/mol. The molecule has 0 atom stereocenters. The highest BCUT2D eigenvalue weighted by Crippen LogP contribution is 2.22. The third-order valence-corrected chi connectivity index (χ3v) is 3.51. The second-order valence-electron chi connectivity index (χ2n) is 4.71. The Balaban J connectivity index is 2.20. The maximum Gasteiger partial charge on any atom is 0.269 e. The number of hydrogen-bond donors (Lipinski definition) is 1. The summed E-state index contributed by atoms with van der Waals surface area (Å²) in [6.45, 7) is 0. The van der Waals surface area contributed by atoms with E-state index in [-0.39, 0.29) is 16.7 Å². The zero-order valence-electron chi connectivity index (χ0n) is 11.7. The predicted molar refractivity (Wildman–Crippen MR) is 78.9 cm³/mol. The van der Waals surface area contributed by atoms with Gasteiger partial charge in [0.05, 0.1) is 5.56 Å². The van der Waals surface area contributed by atoms with Crippen molar-refractivity contribution in [1.29, 1.82) is 0 Å². The van der Waals surface area contributed by atoms with E-state index < -0.39 is 34.7 Å². The van der Waals surface area contributed by atoms with Crippen LogP contribution >= 0.6 is 12.2 Å². The van der Waals surface area contributed by atoms with Crippen molar-refractivity contribution in [1.82, 2.24) is 14.8 Å². The summed E-state index contributed by atoms with van der Waals surface area (Å²) in [7, 11) is 0. The molecule has 2 aromatic carbocycles. The lowest BCUT2D eigenvalue weighted by Crippen LogP contribution is -2.17. The average molecular weight is 353 g/mol. The summed E-state index contributed by atoms with van der Waals surface area (Å²) in [4.78, 5) is 12.5. The van der Waals surface area contributed by atoms with Gasteiger partial charge in [0.2, 0.25) is 4.77 Å². The molecule has 0 aliphatic heterocycles. The molecule has 0 amide bonds. The van der Waals surface area contributed by atoms with Crippen LogP contribution in [0.1, 0.15) is 10.4 Å². The Kier molecular flexibility index (Phi) is 4.02. The number of carbonyl (C=O) groups excluding carboxylic acids is 1. The van der Waals surface area contributed by atoms with Crippen molar-refractivity contribution in [3.8, 4) is 11.4 Å². The van der Waals surface area contributed by atoms with Gasteiger partial charge in [-0.2, -0.15) is 5.10 Å². The highest BCUT2D eigenvalue weighted by molar-refractivity contribution is 7.71. The van der Waals surface area contributed by atoms with Crippen LogP contribution in [-0.4, -0.2) is 20.7 Å². The van der Waals surface area contributed by atoms with Gasteiger partial charge < -0.3 is 0 Å². The van der Waals surface area contributed by atoms with E-state index in [9.17, 15) is 22.4 Å². The van der Waals surface area contributed by atoms with Gasteiger partial charge in [-0.1, -0.05) is 30.3 Å². The molecule has 122 valence electrons. The first-order valence-corrected chi connectivity index (χ1v) is 6.93. The molecule has 0 bridgehead atoms. The van der Waals surface area contributed by atoms with E-state index in [4.69, 9.17) is 12.2 Å². The van der Waals surface area contributed by atoms with E-state index in [1.165, 1.54) is 0 Å². The van der Waals surface area contributed by atoms with Gasteiger partial charge in [-0.25, -0.2) is 22.1 Å². The van der Waals surface area contributed by atoms with Crippen LogP contribution in [0.4, 0.5) is 17.6 Å². The van der Waals surface area contributed by atoms with E-state index in [1.54, 1.807) is 30.3 Å². The molecular formula is C15H7F4N3OS. The van der Waals surface area contributed by atoms with Crippen LogP contribution in [0.3, 0.4) is 0 Å². The van der Waals surface area contributed by atoms with Gasteiger partial charge in [-0.05, 0) is 18.3 Å². The first-order valence-electron chi connectivity index (χ1n) is 6.52. The quantitative estimate of drug-likeness (QED) is 0.329. The van der Waals surface area contributed by atoms with Gasteiger partial charge in [0.1, 0.15) is 0 Å². The zero-order chi connectivity index (χ0) is 17.4. The molecule has 1 N–H and O–H groups in total. The van der Waals surface area contributed by atoms with Crippen molar-refractivity contribution in [2.45, 2.75) is 0 Å². The van der Waals surface area contributed by atoms with E-state index in [0.29, 0.717) is 5.56 Å². The number of halogens is 4. The summed E-state index contributed by atoms with van der Waals surface area (Å²) < 4.78 is 54.2. The van der Waals surface area contributed by atoms with Crippen LogP contribution in [0.25, 0.3) is 11.4 Å². The van der Waals surface area contributed by atoms with E-state index in [1.807, 2.05) is 0 Å². The number of nitrogens with zero attached hydrogens (tertiary/aromatic N) is 2. The smallest absolute Gasteiger partial charge is 0.268 e. The molecule has 0 aliphatic rings. The number of H-pyrrole nitrogens is 1. The van der Waals surface area contributed by atoms with Crippen molar-refractivity contribution in [2.24, 2.45) is 0 Å². The third-order valence-electron chi connectivity index (χ3n) is 3.24. The van der Waals surface area contributed by atoms with Crippen molar-refractivity contribution in [3.63, 3.8) is 0 Å². The summed E-state index contributed by atoms with van der Waals surface area (Å²) >= 11 is 4.92. The third kappa shape index (κ3) is 2.52. The minimum atomic E-state index is -2.07. The predicted octanol–water partition coefficient (Wildman–Crippen LogP) is 3.85. The lowest BCUT2D eigenvalue weighted by molar-refractivity contribution is 0.0954. The van der Waals surface area contributed by atoms with Crippen LogP contribution in [0.15, 0.2) is 36.4 Å². The fourth-order valence-corrected chi connectivity index (χ4v) is 2.33.